The topological polar surface area (TPSA) is 47.6 Å². The Morgan fingerprint density at radius 1 is 1.50 bits per heavy atom. The summed E-state index contributed by atoms with van der Waals surface area (Å²) in [4.78, 5) is 3.65. The van der Waals surface area contributed by atoms with E-state index in [0.717, 1.165) is 0 Å². The van der Waals surface area contributed by atoms with Crippen molar-refractivity contribution in [2.45, 2.75) is 13.1 Å². The van der Waals surface area contributed by atoms with Crippen molar-refractivity contribution in [1.82, 2.24) is 0 Å². The van der Waals surface area contributed by atoms with Crippen LogP contribution in [-0.2, 0) is 4.74 Å². The standard InChI is InChI=1S/C6H11F3N2O/c1-5(10)11-2-3-12-4-6(7,8)9/h2-4H2,1H3,(H2,10,11). The number of nitrogens with zero attached hydrogens (tertiary/aromatic N) is 1. The van der Waals surface area contributed by atoms with Crippen LogP contribution < -0.4 is 5.73 Å². The van der Waals surface area contributed by atoms with Gasteiger partial charge < -0.3 is 10.5 Å². The zero-order chi connectivity index (χ0) is 9.61. The molecule has 0 aliphatic heterocycles. The molecule has 0 aliphatic carbocycles. The summed E-state index contributed by atoms with van der Waals surface area (Å²) in [6.45, 7) is 0.433. The Morgan fingerprint density at radius 2 is 2.08 bits per heavy atom. The van der Waals surface area contributed by atoms with Crippen LogP contribution >= 0.6 is 0 Å². The smallest absolute Gasteiger partial charge is 0.388 e. The maximum absolute atomic E-state index is 11.5. The van der Waals surface area contributed by atoms with E-state index in [1.54, 1.807) is 6.92 Å². The molecule has 6 heteroatoms. The summed E-state index contributed by atoms with van der Waals surface area (Å²) >= 11 is 0. The minimum Gasteiger partial charge on any atom is -0.388 e. The third kappa shape index (κ3) is 9.22. The summed E-state index contributed by atoms with van der Waals surface area (Å²) in [5.41, 5.74) is 5.13. The molecular formula is C6H11F3N2O. The highest BCUT2D eigenvalue weighted by Gasteiger charge is 2.27. The number of aliphatic imine (C=N–C) groups is 1. The highest BCUT2D eigenvalue weighted by molar-refractivity contribution is 5.77. The number of amidine groups is 1. The van der Waals surface area contributed by atoms with Gasteiger partial charge in [-0.3, -0.25) is 4.99 Å². The van der Waals surface area contributed by atoms with Gasteiger partial charge in [-0.15, -0.1) is 0 Å². The maximum atomic E-state index is 11.5. The lowest BCUT2D eigenvalue weighted by atomic mass is 10.6. The van der Waals surface area contributed by atoms with Gasteiger partial charge in [-0.2, -0.15) is 13.2 Å². The Balaban J connectivity index is 3.29. The molecule has 0 heterocycles. The lowest BCUT2D eigenvalue weighted by Crippen LogP contribution is -2.18. The van der Waals surface area contributed by atoms with E-state index in [1.165, 1.54) is 0 Å². The van der Waals surface area contributed by atoms with Crippen molar-refractivity contribution in [2.75, 3.05) is 19.8 Å². The van der Waals surface area contributed by atoms with E-state index < -0.39 is 12.8 Å². The molecule has 2 N–H and O–H groups in total. The van der Waals surface area contributed by atoms with Gasteiger partial charge in [0.1, 0.15) is 6.61 Å². The molecule has 0 aliphatic rings. The second-order valence-corrected chi connectivity index (χ2v) is 2.19. The van der Waals surface area contributed by atoms with Gasteiger partial charge in [0, 0.05) is 0 Å². The first kappa shape index (κ1) is 11.2. The Bertz CT molecular complexity index is 151. The third-order valence-corrected chi connectivity index (χ3v) is 0.863. The predicted octanol–water partition coefficient (Wildman–Crippen LogP) is 0.942. The van der Waals surface area contributed by atoms with E-state index in [9.17, 15) is 13.2 Å². The van der Waals surface area contributed by atoms with Crippen LogP contribution in [0.4, 0.5) is 13.2 Å². The molecule has 0 radical (unpaired) electrons. The van der Waals surface area contributed by atoms with Crippen molar-refractivity contribution in [3.8, 4) is 0 Å². The molecule has 0 saturated carbocycles. The Hall–Kier alpha value is -0.780. The number of hydrogen-bond donors (Lipinski definition) is 1. The van der Waals surface area contributed by atoms with E-state index in [-0.39, 0.29) is 13.2 Å². The third-order valence-electron chi connectivity index (χ3n) is 0.863. The predicted molar refractivity (Wildman–Crippen MR) is 39.0 cm³/mol. The van der Waals surface area contributed by atoms with E-state index in [1.807, 2.05) is 0 Å². The molecule has 0 saturated heterocycles. The molecule has 0 aromatic heterocycles. The second kappa shape index (κ2) is 4.97. The average molecular weight is 184 g/mol. The van der Waals surface area contributed by atoms with Gasteiger partial charge in [-0.05, 0) is 6.92 Å². The molecule has 0 aromatic carbocycles. The molecule has 3 nitrogen and oxygen atoms in total. The van der Waals surface area contributed by atoms with Crippen LogP contribution in [0.25, 0.3) is 0 Å². The van der Waals surface area contributed by atoms with Gasteiger partial charge in [0.2, 0.25) is 0 Å². The fraction of sp³-hybridized carbons (Fsp3) is 0.833. The Kier molecular flexibility index (Phi) is 4.65. The molecule has 0 atom stereocenters. The normalized spacial score (nSPS) is 13.5. The molecule has 0 aromatic rings. The van der Waals surface area contributed by atoms with Crippen LogP contribution in [0.2, 0.25) is 0 Å². The fourth-order valence-electron chi connectivity index (χ4n) is 0.474. The minimum atomic E-state index is -4.26. The van der Waals surface area contributed by atoms with Crippen molar-refractivity contribution in [2.24, 2.45) is 10.7 Å². The summed E-state index contributed by atoms with van der Waals surface area (Å²) < 4.78 is 38.6. The maximum Gasteiger partial charge on any atom is 0.411 e. The highest BCUT2D eigenvalue weighted by atomic mass is 19.4. The fourth-order valence-corrected chi connectivity index (χ4v) is 0.474. The quantitative estimate of drug-likeness (QED) is 0.401. The molecule has 0 unspecified atom stereocenters. The largest absolute Gasteiger partial charge is 0.411 e. The van der Waals surface area contributed by atoms with Gasteiger partial charge >= 0.3 is 6.18 Å². The SMILES string of the molecule is CC(N)=NCCOCC(F)(F)F. The van der Waals surface area contributed by atoms with E-state index in [2.05, 4.69) is 9.73 Å². The summed E-state index contributed by atoms with van der Waals surface area (Å²) in [7, 11) is 0. The number of rotatable bonds is 4. The molecule has 0 amide bonds. The van der Waals surface area contributed by atoms with Gasteiger partial charge in [-0.1, -0.05) is 0 Å². The van der Waals surface area contributed by atoms with E-state index >= 15 is 0 Å². The van der Waals surface area contributed by atoms with Crippen LogP contribution in [0, 0.1) is 0 Å². The first-order valence-corrected chi connectivity index (χ1v) is 3.33. The van der Waals surface area contributed by atoms with E-state index in [4.69, 9.17) is 5.73 Å². The molecule has 0 rings (SSSR count). The van der Waals surface area contributed by atoms with Crippen molar-refractivity contribution in [1.29, 1.82) is 0 Å². The van der Waals surface area contributed by atoms with Gasteiger partial charge in [0.05, 0.1) is 19.0 Å². The highest BCUT2D eigenvalue weighted by Crippen LogP contribution is 2.13. The van der Waals surface area contributed by atoms with Crippen molar-refractivity contribution in [3.63, 3.8) is 0 Å². The number of halogens is 3. The van der Waals surface area contributed by atoms with Crippen molar-refractivity contribution >= 4 is 5.84 Å². The number of nitrogens with two attached hydrogens (primary N) is 1. The first-order valence-electron chi connectivity index (χ1n) is 3.33. The van der Waals surface area contributed by atoms with Gasteiger partial charge in [0.15, 0.2) is 0 Å². The van der Waals surface area contributed by atoms with Crippen LogP contribution in [0.15, 0.2) is 4.99 Å². The zero-order valence-corrected chi connectivity index (χ0v) is 6.69. The number of ether oxygens (including phenoxy) is 1. The zero-order valence-electron chi connectivity index (χ0n) is 6.69. The van der Waals surface area contributed by atoms with Crippen LogP contribution in [0.5, 0.6) is 0 Å². The van der Waals surface area contributed by atoms with Gasteiger partial charge in [-0.25, -0.2) is 0 Å². The van der Waals surface area contributed by atoms with Crippen molar-refractivity contribution in [3.05, 3.63) is 0 Å². The van der Waals surface area contributed by atoms with E-state index in [0.29, 0.717) is 5.84 Å². The van der Waals surface area contributed by atoms with Crippen molar-refractivity contribution < 1.29 is 17.9 Å². The van der Waals surface area contributed by atoms with Gasteiger partial charge in [0.25, 0.3) is 0 Å². The Labute approximate surface area is 68.4 Å². The lowest BCUT2D eigenvalue weighted by molar-refractivity contribution is -0.173. The summed E-state index contributed by atoms with van der Waals surface area (Å²) in [5, 5.41) is 0. The molecule has 12 heavy (non-hydrogen) atoms. The second-order valence-electron chi connectivity index (χ2n) is 2.19. The molecule has 0 spiro atoms. The monoisotopic (exact) mass is 184 g/mol. The first-order chi connectivity index (χ1) is 5.42. The molecule has 0 bridgehead atoms. The van der Waals surface area contributed by atoms with Crippen LogP contribution in [-0.4, -0.2) is 31.8 Å². The molecular weight excluding hydrogens is 173 g/mol. The lowest BCUT2D eigenvalue weighted by Gasteiger charge is -2.05. The molecule has 72 valence electrons. The Morgan fingerprint density at radius 3 is 2.50 bits per heavy atom. The van der Waals surface area contributed by atoms with Crippen LogP contribution in [0.3, 0.4) is 0 Å². The summed E-state index contributed by atoms with van der Waals surface area (Å²) in [6.07, 6.45) is -4.26. The van der Waals surface area contributed by atoms with Crippen LogP contribution in [0.1, 0.15) is 6.92 Å². The summed E-state index contributed by atoms with van der Waals surface area (Å²) in [5.74, 6) is 0.339. The minimum absolute atomic E-state index is 0.0615. The molecule has 0 fully saturated rings. The number of alkyl halides is 3. The summed E-state index contributed by atoms with van der Waals surface area (Å²) in [6, 6.07) is 0. The number of hydrogen-bond acceptors (Lipinski definition) is 2. The average Bonchev–Trinajstić information content (AvgIpc) is 1.83.